The third kappa shape index (κ3) is 5.26. The number of benzene rings is 3. The first-order chi connectivity index (χ1) is 15.4. The van der Waals surface area contributed by atoms with E-state index in [2.05, 4.69) is 0 Å². The van der Waals surface area contributed by atoms with Gasteiger partial charge in [0.1, 0.15) is 5.75 Å². The van der Waals surface area contributed by atoms with Gasteiger partial charge in [-0.3, -0.25) is 4.79 Å². The van der Waals surface area contributed by atoms with Crippen LogP contribution in [0.1, 0.15) is 39.1 Å². The smallest absolute Gasteiger partial charge is 0.335 e. The minimum Gasteiger partial charge on any atom is -0.478 e. The molecule has 0 atom stereocenters. The summed E-state index contributed by atoms with van der Waals surface area (Å²) in [6.07, 6.45) is 2.19. The number of hydrogen-bond donors (Lipinski definition) is 1. The number of hydrogen-bond acceptors (Lipinski definition) is 3. The van der Waals surface area contributed by atoms with Gasteiger partial charge < -0.3 is 14.7 Å². The highest BCUT2D eigenvalue weighted by Crippen LogP contribution is 2.33. The summed E-state index contributed by atoms with van der Waals surface area (Å²) in [5.41, 5.74) is 1.55. The fourth-order valence-electron chi connectivity index (χ4n) is 3.35. The van der Waals surface area contributed by atoms with E-state index in [1.165, 1.54) is 30.3 Å². The van der Waals surface area contributed by atoms with Crippen molar-refractivity contribution in [1.29, 1.82) is 0 Å². The number of carbonyl (C=O) groups excluding carboxylic acids is 1. The van der Waals surface area contributed by atoms with Gasteiger partial charge in [-0.05, 0) is 72.9 Å². The van der Waals surface area contributed by atoms with E-state index in [0.29, 0.717) is 30.3 Å². The summed E-state index contributed by atoms with van der Waals surface area (Å²) in [5.74, 6) is -0.888. The summed E-state index contributed by atoms with van der Waals surface area (Å²) in [5, 5.41) is 9.23. The zero-order valence-corrected chi connectivity index (χ0v) is 17.9. The monoisotopic (exact) mass is 453 g/mol. The van der Waals surface area contributed by atoms with Crippen LogP contribution in [0.4, 0.5) is 4.39 Å². The Hall–Kier alpha value is -3.38. The van der Waals surface area contributed by atoms with Crippen LogP contribution >= 0.6 is 11.6 Å². The molecular formula is C25H21ClFNO4. The predicted octanol–water partition coefficient (Wildman–Crippen LogP) is 6.02. The van der Waals surface area contributed by atoms with Crippen LogP contribution in [0, 0.1) is 11.7 Å². The number of halogens is 2. The highest BCUT2D eigenvalue weighted by Gasteiger charge is 2.27. The van der Waals surface area contributed by atoms with Crippen LogP contribution in [-0.2, 0) is 6.54 Å². The Morgan fingerprint density at radius 3 is 2.25 bits per heavy atom. The third-order valence-electron chi connectivity index (χ3n) is 5.28. The summed E-state index contributed by atoms with van der Waals surface area (Å²) in [6.45, 7) is 1.03. The van der Waals surface area contributed by atoms with Gasteiger partial charge in [-0.2, -0.15) is 0 Å². The SMILES string of the molecule is O=C(O)c1ccc(CN(CC2CC2)C(=O)c2ccc(Oc3c(F)cccc3Cl)cc2)cc1. The molecule has 0 aliphatic heterocycles. The first-order valence-corrected chi connectivity index (χ1v) is 10.6. The molecule has 1 N–H and O–H groups in total. The van der Waals surface area contributed by atoms with Gasteiger partial charge in [-0.15, -0.1) is 0 Å². The zero-order valence-electron chi connectivity index (χ0n) is 17.1. The van der Waals surface area contributed by atoms with Crippen molar-refractivity contribution in [3.8, 4) is 11.5 Å². The van der Waals surface area contributed by atoms with E-state index in [1.807, 2.05) is 0 Å². The summed E-state index contributed by atoms with van der Waals surface area (Å²) >= 11 is 6.00. The number of carboxylic acids is 1. The van der Waals surface area contributed by atoms with E-state index in [4.69, 9.17) is 21.4 Å². The largest absolute Gasteiger partial charge is 0.478 e. The maximum atomic E-state index is 14.0. The number of rotatable bonds is 8. The molecule has 1 aliphatic carbocycles. The Kier molecular flexibility index (Phi) is 6.42. The lowest BCUT2D eigenvalue weighted by atomic mass is 10.1. The number of ether oxygens (including phenoxy) is 1. The molecule has 0 spiro atoms. The lowest BCUT2D eigenvalue weighted by Crippen LogP contribution is -2.32. The van der Waals surface area contributed by atoms with Crippen molar-refractivity contribution in [3.05, 3.63) is 94.3 Å². The molecule has 3 aromatic rings. The number of carbonyl (C=O) groups is 2. The molecule has 1 fully saturated rings. The van der Waals surface area contributed by atoms with Gasteiger partial charge in [0.05, 0.1) is 10.6 Å². The van der Waals surface area contributed by atoms with Crippen LogP contribution < -0.4 is 4.74 Å². The minimum absolute atomic E-state index is 0.0617. The van der Waals surface area contributed by atoms with Gasteiger partial charge in [-0.1, -0.05) is 29.8 Å². The summed E-state index contributed by atoms with van der Waals surface area (Å²) < 4.78 is 19.5. The molecule has 0 bridgehead atoms. The normalized spacial score (nSPS) is 12.9. The molecule has 1 amide bonds. The molecule has 7 heteroatoms. The van der Waals surface area contributed by atoms with Crippen LogP contribution in [0.2, 0.25) is 5.02 Å². The van der Waals surface area contributed by atoms with Crippen LogP contribution in [0.15, 0.2) is 66.7 Å². The topological polar surface area (TPSA) is 66.8 Å². The van der Waals surface area contributed by atoms with E-state index in [9.17, 15) is 14.0 Å². The average molecular weight is 454 g/mol. The van der Waals surface area contributed by atoms with Gasteiger partial charge in [-0.25, -0.2) is 9.18 Å². The third-order valence-corrected chi connectivity index (χ3v) is 5.57. The standard InChI is InChI=1S/C25H21ClFNO4/c26-21-2-1-3-22(27)23(21)32-20-12-10-18(11-13-20)24(29)28(14-16-4-5-16)15-17-6-8-19(9-7-17)25(30)31/h1-3,6-13,16H,4-5,14-15H2,(H,30,31). The predicted molar refractivity (Wildman–Crippen MR) is 119 cm³/mol. The second-order valence-electron chi connectivity index (χ2n) is 7.81. The number of para-hydroxylation sites is 1. The van der Waals surface area contributed by atoms with Gasteiger partial charge in [0.25, 0.3) is 5.91 Å². The van der Waals surface area contributed by atoms with Crippen molar-refractivity contribution in [1.82, 2.24) is 4.90 Å². The van der Waals surface area contributed by atoms with E-state index in [-0.39, 0.29) is 22.2 Å². The number of carboxylic acid groups (broad SMARTS) is 1. The Labute approximate surface area is 190 Å². The van der Waals surface area contributed by atoms with Crippen molar-refractivity contribution < 1.29 is 23.8 Å². The molecule has 3 aromatic carbocycles. The van der Waals surface area contributed by atoms with Gasteiger partial charge in [0.2, 0.25) is 0 Å². The maximum absolute atomic E-state index is 14.0. The second kappa shape index (κ2) is 9.40. The highest BCUT2D eigenvalue weighted by atomic mass is 35.5. The quantitative estimate of drug-likeness (QED) is 0.452. The molecule has 1 aliphatic rings. The van der Waals surface area contributed by atoms with Gasteiger partial charge in [0.15, 0.2) is 11.6 Å². The molecule has 0 unspecified atom stereocenters. The first-order valence-electron chi connectivity index (χ1n) is 10.2. The van der Waals surface area contributed by atoms with Crippen LogP contribution in [0.3, 0.4) is 0 Å². The molecular weight excluding hydrogens is 433 g/mol. The van der Waals surface area contributed by atoms with Crippen LogP contribution in [0.25, 0.3) is 0 Å². The fraction of sp³-hybridized carbons (Fsp3) is 0.200. The van der Waals surface area contributed by atoms with Crippen molar-refractivity contribution >= 4 is 23.5 Å². The Morgan fingerprint density at radius 1 is 1.00 bits per heavy atom. The van der Waals surface area contributed by atoms with Crippen molar-refractivity contribution in [2.45, 2.75) is 19.4 Å². The Bertz CT molecular complexity index is 1110. The zero-order chi connectivity index (χ0) is 22.7. The average Bonchev–Trinajstić information content (AvgIpc) is 3.60. The molecule has 0 aromatic heterocycles. The highest BCUT2D eigenvalue weighted by molar-refractivity contribution is 6.32. The number of nitrogens with zero attached hydrogens (tertiary/aromatic N) is 1. The molecule has 164 valence electrons. The van der Waals surface area contributed by atoms with Crippen molar-refractivity contribution in [2.24, 2.45) is 5.92 Å². The van der Waals surface area contributed by atoms with E-state index >= 15 is 0 Å². The van der Waals surface area contributed by atoms with Crippen LogP contribution in [-0.4, -0.2) is 28.4 Å². The Morgan fingerprint density at radius 2 is 1.66 bits per heavy atom. The van der Waals surface area contributed by atoms with E-state index in [0.717, 1.165) is 18.4 Å². The fourth-order valence-corrected chi connectivity index (χ4v) is 3.55. The molecule has 0 heterocycles. The van der Waals surface area contributed by atoms with Gasteiger partial charge in [0, 0.05) is 18.7 Å². The lowest BCUT2D eigenvalue weighted by Gasteiger charge is -2.23. The van der Waals surface area contributed by atoms with Crippen molar-refractivity contribution in [3.63, 3.8) is 0 Å². The number of amides is 1. The molecule has 32 heavy (non-hydrogen) atoms. The molecule has 1 saturated carbocycles. The van der Waals surface area contributed by atoms with Crippen LogP contribution in [0.5, 0.6) is 11.5 Å². The lowest BCUT2D eigenvalue weighted by molar-refractivity contribution is 0.0693. The molecule has 0 saturated heterocycles. The Balaban J connectivity index is 1.48. The number of aromatic carboxylic acids is 1. The summed E-state index contributed by atoms with van der Waals surface area (Å²) in [6, 6.07) is 17.3. The molecule has 5 nitrogen and oxygen atoms in total. The second-order valence-corrected chi connectivity index (χ2v) is 8.22. The van der Waals surface area contributed by atoms with Crippen molar-refractivity contribution in [2.75, 3.05) is 6.54 Å². The first kappa shape index (κ1) is 21.8. The minimum atomic E-state index is -0.985. The summed E-state index contributed by atoms with van der Waals surface area (Å²) in [7, 11) is 0. The maximum Gasteiger partial charge on any atom is 0.335 e. The van der Waals surface area contributed by atoms with E-state index in [1.54, 1.807) is 41.3 Å². The van der Waals surface area contributed by atoms with Gasteiger partial charge >= 0.3 is 5.97 Å². The molecule has 0 radical (unpaired) electrons. The summed E-state index contributed by atoms with van der Waals surface area (Å²) in [4.78, 5) is 26.0. The molecule has 4 rings (SSSR count). The van der Waals surface area contributed by atoms with E-state index < -0.39 is 11.8 Å².